The summed E-state index contributed by atoms with van der Waals surface area (Å²) in [6, 6.07) is 6.09. The molecule has 4 rings (SSSR count). The molecule has 1 aliphatic rings. The highest BCUT2D eigenvalue weighted by Crippen LogP contribution is 2.31. The Bertz CT molecular complexity index is 803. The molecule has 0 atom stereocenters. The first-order chi connectivity index (χ1) is 9.72. The van der Waals surface area contributed by atoms with Crippen molar-refractivity contribution in [1.82, 2.24) is 14.5 Å². The lowest BCUT2D eigenvalue weighted by atomic mass is 10.1. The van der Waals surface area contributed by atoms with Crippen LogP contribution in [0.2, 0.25) is 0 Å². The van der Waals surface area contributed by atoms with E-state index in [1.54, 1.807) is 0 Å². The number of aromatic nitrogens is 3. The molecule has 0 saturated heterocycles. The number of imidazole rings is 1. The van der Waals surface area contributed by atoms with E-state index < -0.39 is 0 Å². The zero-order valence-electron chi connectivity index (χ0n) is 11.2. The maximum Gasteiger partial charge on any atom is 0.192 e. The van der Waals surface area contributed by atoms with Gasteiger partial charge in [-0.15, -0.1) is 0 Å². The summed E-state index contributed by atoms with van der Waals surface area (Å²) in [5.74, 6) is 1.72. The van der Waals surface area contributed by atoms with Crippen LogP contribution in [0.3, 0.4) is 0 Å². The van der Waals surface area contributed by atoms with Crippen molar-refractivity contribution in [3.8, 4) is 11.4 Å². The molecular formula is C15H14BrN3O. The Kier molecular flexibility index (Phi) is 2.70. The molecule has 0 radical (unpaired) electrons. The molecule has 4 nitrogen and oxygen atoms in total. The topological polar surface area (TPSA) is 43.9 Å². The lowest BCUT2D eigenvalue weighted by molar-refractivity contribution is 0.535. The van der Waals surface area contributed by atoms with Gasteiger partial charge < -0.3 is 8.98 Å². The van der Waals surface area contributed by atoms with Crippen molar-refractivity contribution < 1.29 is 4.42 Å². The summed E-state index contributed by atoms with van der Waals surface area (Å²) in [5, 5.41) is 0. The maximum absolute atomic E-state index is 5.53. The van der Waals surface area contributed by atoms with Gasteiger partial charge in [0.05, 0.1) is 5.69 Å². The van der Waals surface area contributed by atoms with Gasteiger partial charge in [-0.2, -0.15) is 0 Å². The number of oxazole rings is 1. The number of nitrogens with zero attached hydrogens (tertiary/aromatic N) is 3. The predicted molar refractivity (Wildman–Crippen MR) is 80.6 cm³/mol. The van der Waals surface area contributed by atoms with Crippen molar-refractivity contribution in [3.05, 3.63) is 34.4 Å². The second-order valence-electron chi connectivity index (χ2n) is 5.20. The van der Waals surface area contributed by atoms with E-state index in [1.807, 2.05) is 13.0 Å². The smallest absolute Gasteiger partial charge is 0.192 e. The van der Waals surface area contributed by atoms with E-state index >= 15 is 0 Å². The Morgan fingerprint density at radius 1 is 1.25 bits per heavy atom. The maximum atomic E-state index is 5.53. The van der Waals surface area contributed by atoms with Crippen LogP contribution in [0.5, 0.6) is 0 Å². The zero-order chi connectivity index (χ0) is 13.7. The average Bonchev–Trinajstić information content (AvgIpc) is 2.98. The van der Waals surface area contributed by atoms with Crippen LogP contribution in [0.1, 0.15) is 24.4 Å². The van der Waals surface area contributed by atoms with Crippen molar-refractivity contribution in [3.63, 3.8) is 0 Å². The number of aryl methyl sites for hydroxylation is 1. The van der Waals surface area contributed by atoms with Crippen LogP contribution in [-0.4, -0.2) is 14.5 Å². The van der Waals surface area contributed by atoms with Gasteiger partial charge in [-0.3, -0.25) is 0 Å². The van der Waals surface area contributed by atoms with Gasteiger partial charge in [-0.1, -0.05) is 0 Å². The van der Waals surface area contributed by atoms with E-state index in [-0.39, 0.29) is 0 Å². The van der Waals surface area contributed by atoms with Gasteiger partial charge in [-0.05, 0) is 53.4 Å². The van der Waals surface area contributed by atoms with E-state index in [2.05, 4.69) is 37.6 Å². The molecule has 2 aromatic heterocycles. The molecule has 0 aliphatic carbocycles. The number of fused-ring (bicyclic) bond motifs is 2. The van der Waals surface area contributed by atoms with Gasteiger partial charge in [0.2, 0.25) is 0 Å². The molecule has 0 amide bonds. The highest BCUT2D eigenvalue weighted by molar-refractivity contribution is 9.10. The molecule has 3 heterocycles. The third-order valence-electron chi connectivity index (χ3n) is 3.82. The molecule has 20 heavy (non-hydrogen) atoms. The molecule has 0 N–H and O–H groups in total. The number of benzene rings is 1. The molecule has 5 heteroatoms. The molecular weight excluding hydrogens is 318 g/mol. The van der Waals surface area contributed by atoms with Crippen molar-refractivity contribution in [1.29, 1.82) is 0 Å². The van der Waals surface area contributed by atoms with Crippen LogP contribution in [0, 0.1) is 6.92 Å². The number of hydrogen-bond acceptors (Lipinski definition) is 3. The van der Waals surface area contributed by atoms with Crippen LogP contribution >= 0.6 is 15.9 Å². The minimum atomic E-state index is 0.698. The number of halogens is 1. The van der Waals surface area contributed by atoms with Crippen LogP contribution < -0.4 is 0 Å². The minimum absolute atomic E-state index is 0.698. The summed E-state index contributed by atoms with van der Waals surface area (Å²) >= 11 is 3.59. The van der Waals surface area contributed by atoms with Gasteiger partial charge in [0.25, 0.3) is 0 Å². The SMILES string of the molecule is Cc1nc2cc(-c3nc(Br)c4n3CCCC4)ccc2o1. The van der Waals surface area contributed by atoms with Gasteiger partial charge >= 0.3 is 0 Å². The van der Waals surface area contributed by atoms with Crippen LogP contribution in [0.25, 0.3) is 22.5 Å². The van der Waals surface area contributed by atoms with Gasteiger partial charge in [0.1, 0.15) is 15.9 Å². The minimum Gasteiger partial charge on any atom is -0.441 e. The molecule has 0 fully saturated rings. The Balaban J connectivity index is 1.90. The molecule has 1 aliphatic heterocycles. The van der Waals surface area contributed by atoms with Crippen molar-refractivity contribution in [2.75, 3.05) is 0 Å². The normalized spacial score (nSPS) is 14.7. The fourth-order valence-corrected chi connectivity index (χ4v) is 3.48. The predicted octanol–water partition coefficient (Wildman–Crippen LogP) is 4.10. The largest absolute Gasteiger partial charge is 0.441 e. The molecule has 3 aromatic rings. The molecule has 0 saturated carbocycles. The first-order valence-corrected chi connectivity index (χ1v) is 7.64. The van der Waals surface area contributed by atoms with Gasteiger partial charge in [0, 0.05) is 19.0 Å². The number of hydrogen-bond donors (Lipinski definition) is 0. The molecule has 0 unspecified atom stereocenters. The molecule has 0 bridgehead atoms. The molecule has 1 aromatic carbocycles. The summed E-state index contributed by atoms with van der Waals surface area (Å²) in [6.07, 6.45) is 3.55. The van der Waals surface area contributed by atoms with Crippen molar-refractivity contribution in [2.45, 2.75) is 32.7 Å². The monoisotopic (exact) mass is 331 g/mol. The second-order valence-corrected chi connectivity index (χ2v) is 5.95. The van der Waals surface area contributed by atoms with E-state index in [0.717, 1.165) is 40.1 Å². The Labute approximate surface area is 125 Å². The first-order valence-electron chi connectivity index (χ1n) is 6.85. The summed E-state index contributed by atoms with van der Waals surface area (Å²) in [4.78, 5) is 9.10. The summed E-state index contributed by atoms with van der Waals surface area (Å²) < 4.78 is 8.83. The number of rotatable bonds is 1. The van der Waals surface area contributed by atoms with Crippen LogP contribution in [-0.2, 0) is 13.0 Å². The van der Waals surface area contributed by atoms with Gasteiger partial charge in [0.15, 0.2) is 11.5 Å². The summed E-state index contributed by atoms with van der Waals surface area (Å²) in [7, 11) is 0. The Morgan fingerprint density at radius 3 is 3.05 bits per heavy atom. The van der Waals surface area contributed by atoms with Gasteiger partial charge in [-0.25, -0.2) is 9.97 Å². The van der Waals surface area contributed by atoms with E-state index in [9.17, 15) is 0 Å². The van der Waals surface area contributed by atoms with E-state index in [0.29, 0.717) is 5.89 Å². The zero-order valence-corrected chi connectivity index (χ0v) is 12.8. The lowest BCUT2D eigenvalue weighted by Crippen LogP contribution is -2.11. The Hall–Kier alpha value is -1.62. The average molecular weight is 332 g/mol. The highest BCUT2D eigenvalue weighted by atomic mass is 79.9. The fourth-order valence-electron chi connectivity index (χ4n) is 2.90. The fraction of sp³-hybridized carbons (Fsp3) is 0.333. The summed E-state index contributed by atoms with van der Waals surface area (Å²) in [6.45, 7) is 2.91. The van der Waals surface area contributed by atoms with Crippen molar-refractivity contribution >= 4 is 27.0 Å². The van der Waals surface area contributed by atoms with E-state index in [4.69, 9.17) is 9.40 Å². The van der Waals surface area contributed by atoms with E-state index in [1.165, 1.54) is 18.5 Å². The quantitative estimate of drug-likeness (QED) is 0.674. The third kappa shape index (κ3) is 1.80. The summed E-state index contributed by atoms with van der Waals surface area (Å²) in [5.41, 5.74) is 4.13. The van der Waals surface area contributed by atoms with Crippen molar-refractivity contribution in [2.24, 2.45) is 0 Å². The van der Waals surface area contributed by atoms with Crippen LogP contribution in [0.15, 0.2) is 27.2 Å². The third-order valence-corrected chi connectivity index (χ3v) is 4.46. The first kappa shape index (κ1) is 12.1. The van der Waals surface area contributed by atoms with Crippen LogP contribution in [0.4, 0.5) is 0 Å². The Morgan fingerprint density at radius 2 is 2.15 bits per heavy atom. The lowest BCUT2D eigenvalue weighted by Gasteiger charge is -2.16. The standard InChI is InChI=1S/C15H14BrN3O/c1-9-17-11-8-10(5-6-13(11)20-9)15-18-14(16)12-4-2-3-7-19(12)15/h5-6,8H,2-4,7H2,1H3. The second kappa shape index (κ2) is 4.45. The highest BCUT2D eigenvalue weighted by Gasteiger charge is 2.20. The molecule has 0 spiro atoms. The molecule has 102 valence electrons.